The molecule has 3 aromatic rings. The van der Waals surface area contributed by atoms with Crippen LogP contribution in [0.2, 0.25) is 0 Å². The second-order valence-electron chi connectivity index (χ2n) is 6.84. The predicted molar refractivity (Wildman–Crippen MR) is 103 cm³/mol. The summed E-state index contributed by atoms with van der Waals surface area (Å²) in [7, 11) is 0. The van der Waals surface area contributed by atoms with E-state index < -0.39 is 17.9 Å². The fourth-order valence-corrected chi connectivity index (χ4v) is 3.56. The lowest BCUT2D eigenvalue weighted by Gasteiger charge is -2.40. The van der Waals surface area contributed by atoms with Gasteiger partial charge >= 0.3 is 0 Å². The van der Waals surface area contributed by atoms with Gasteiger partial charge in [-0.15, -0.1) is 0 Å². The van der Waals surface area contributed by atoms with Crippen molar-refractivity contribution < 1.29 is 13.5 Å². The highest BCUT2D eigenvalue weighted by molar-refractivity contribution is 5.97. The van der Waals surface area contributed by atoms with Gasteiger partial charge in [0.15, 0.2) is 5.60 Å². The van der Waals surface area contributed by atoms with Crippen molar-refractivity contribution in [2.45, 2.75) is 24.9 Å². The number of alkyl halides is 2. The molecule has 136 valence electrons. The molecule has 0 saturated carbocycles. The molecule has 27 heavy (non-hydrogen) atoms. The van der Waals surface area contributed by atoms with Crippen LogP contribution in [-0.2, 0) is 10.3 Å². The van der Waals surface area contributed by atoms with Gasteiger partial charge in [-0.05, 0) is 25.1 Å². The molecule has 1 atom stereocenters. The van der Waals surface area contributed by atoms with Crippen LogP contribution in [0, 0.1) is 0 Å². The van der Waals surface area contributed by atoms with Crippen LogP contribution in [0.15, 0.2) is 89.9 Å². The van der Waals surface area contributed by atoms with Crippen LogP contribution in [0.3, 0.4) is 0 Å². The van der Waals surface area contributed by atoms with Gasteiger partial charge in [-0.1, -0.05) is 66.7 Å². The molecule has 2 nitrogen and oxygen atoms in total. The molecule has 0 spiro atoms. The first-order valence-corrected chi connectivity index (χ1v) is 8.84. The van der Waals surface area contributed by atoms with Gasteiger partial charge in [-0.2, -0.15) is 0 Å². The van der Waals surface area contributed by atoms with E-state index in [-0.39, 0.29) is 0 Å². The zero-order valence-corrected chi connectivity index (χ0v) is 14.9. The van der Waals surface area contributed by atoms with Crippen molar-refractivity contribution in [1.82, 2.24) is 0 Å². The minimum atomic E-state index is -2.93. The van der Waals surface area contributed by atoms with Gasteiger partial charge in [0.1, 0.15) is 0 Å². The van der Waals surface area contributed by atoms with Gasteiger partial charge < -0.3 is 4.74 Å². The van der Waals surface area contributed by atoms with E-state index in [2.05, 4.69) is 4.99 Å². The minimum absolute atomic E-state index is 0.349. The average Bonchev–Trinajstić information content (AvgIpc) is 2.68. The largest absolute Gasteiger partial charge is 0.460 e. The molecule has 0 radical (unpaired) electrons. The molecule has 0 saturated heterocycles. The number of hydrogen-bond donors (Lipinski definition) is 0. The second kappa shape index (κ2) is 6.62. The van der Waals surface area contributed by atoms with E-state index >= 15 is 0 Å². The summed E-state index contributed by atoms with van der Waals surface area (Å²) in [5.41, 5.74) is 1.42. The molecule has 3 aromatic carbocycles. The van der Waals surface area contributed by atoms with Crippen LogP contribution in [0.25, 0.3) is 0 Å². The van der Waals surface area contributed by atoms with E-state index in [4.69, 9.17) is 4.74 Å². The maximum Gasteiger partial charge on any atom is 0.249 e. The first kappa shape index (κ1) is 17.4. The number of rotatable bonds is 4. The normalized spacial score (nSPS) is 19.0. The predicted octanol–water partition coefficient (Wildman–Crippen LogP) is 6.08. The van der Waals surface area contributed by atoms with Crippen LogP contribution < -0.4 is 0 Å². The van der Waals surface area contributed by atoms with Crippen molar-refractivity contribution in [3.63, 3.8) is 0 Å². The van der Waals surface area contributed by atoms with Crippen molar-refractivity contribution >= 4 is 11.6 Å². The number of benzene rings is 3. The maximum absolute atomic E-state index is 14.3. The highest BCUT2D eigenvalue weighted by atomic mass is 19.3. The van der Waals surface area contributed by atoms with Crippen molar-refractivity contribution in [2.24, 2.45) is 4.99 Å². The quantitative estimate of drug-likeness (QED) is 0.550. The van der Waals surface area contributed by atoms with Crippen LogP contribution in [0.5, 0.6) is 0 Å². The lowest BCUT2D eigenvalue weighted by molar-refractivity contribution is -0.0567. The second-order valence-corrected chi connectivity index (χ2v) is 6.84. The molecule has 0 aromatic heterocycles. The third-order valence-corrected chi connectivity index (χ3v) is 4.65. The molecule has 0 amide bonds. The smallest absolute Gasteiger partial charge is 0.249 e. The third-order valence-electron chi connectivity index (χ3n) is 4.65. The van der Waals surface area contributed by atoms with E-state index in [1.807, 2.05) is 84.9 Å². The Labute approximate surface area is 157 Å². The lowest BCUT2D eigenvalue weighted by Crippen LogP contribution is -2.40. The first-order chi connectivity index (χ1) is 13.0. The molecule has 0 bridgehead atoms. The molecule has 1 aliphatic heterocycles. The Bertz CT molecular complexity index is 964. The third kappa shape index (κ3) is 3.35. The number of para-hydroxylation sites is 1. The topological polar surface area (TPSA) is 21.6 Å². The Morgan fingerprint density at radius 1 is 0.852 bits per heavy atom. The molecule has 0 aliphatic carbocycles. The highest BCUT2D eigenvalue weighted by Gasteiger charge is 2.48. The summed E-state index contributed by atoms with van der Waals surface area (Å²) in [6, 6.07) is 25.9. The molecule has 4 rings (SSSR count). The number of aliphatic imine (C=N–C) groups is 1. The first-order valence-electron chi connectivity index (χ1n) is 8.84. The summed E-state index contributed by atoms with van der Waals surface area (Å²) in [4.78, 5) is 4.62. The van der Waals surface area contributed by atoms with E-state index in [9.17, 15) is 8.78 Å². The monoisotopic (exact) mass is 363 g/mol. The number of nitrogens with zero attached hydrogens (tertiary/aromatic N) is 1. The van der Waals surface area contributed by atoms with Gasteiger partial charge in [0.05, 0.1) is 12.1 Å². The van der Waals surface area contributed by atoms with Crippen molar-refractivity contribution in [3.05, 3.63) is 102 Å². The lowest BCUT2D eigenvalue weighted by atomic mass is 9.80. The maximum atomic E-state index is 14.3. The molecule has 1 unspecified atom stereocenters. The van der Waals surface area contributed by atoms with Crippen LogP contribution in [0.1, 0.15) is 30.0 Å². The summed E-state index contributed by atoms with van der Waals surface area (Å²) in [6.07, 6.45) is -0.479. The van der Waals surface area contributed by atoms with Gasteiger partial charge in [0, 0.05) is 16.7 Å². The summed E-state index contributed by atoms with van der Waals surface area (Å²) in [5.74, 6) is -2.58. The Kier molecular flexibility index (Phi) is 4.27. The van der Waals surface area contributed by atoms with Crippen molar-refractivity contribution in [2.75, 3.05) is 0 Å². The van der Waals surface area contributed by atoms with Crippen LogP contribution in [0.4, 0.5) is 14.5 Å². The van der Waals surface area contributed by atoms with E-state index in [0.29, 0.717) is 22.7 Å². The molecule has 4 heteroatoms. The zero-order chi connectivity index (χ0) is 18.9. The Morgan fingerprint density at radius 3 is 2.11 bits per heavy atom. The van der Waals surface area contributed by atoms with E-state index in [0.717, 1.165) is 12.5 Å². The molecule has 1 heterocycles. The van der Waals surface area contributed by atoms with Gasteiger partial charge in [0.25, 0.3) is 0 Å². The Hall–Kier alpha value is -3.01. The Balaban J connectivity index is 1.96. The summed E-state index contributed by atoms with van der Waals surface area (Å²) in [6.45, 7) is 0.928. The van der Waals surface area contributed by atoms with Gasteiger partial charge in [-0.25, -0.2) is 13.8 Å². The SMILES string of the molecule is CC(F)(F)CC1(c2ccccc2)OC(c2ccccc2)=Nc2ccccc21. The van der Waals surface area contributed by atoms with Gasteiger partial charge in [0.2, 0.25) is 11.8 Å². The minimum Gasteiger partial charge on any atom is -0.460 e. The summed E-state index contributed by atoms with van der Waals surface area (Å²) < 4.78 is 35.0. The van der Waals surface area contributed by atoms with Gasteiger partial charge in [-0.3, -0.25) is 0 Å². The molecule has 0 N–H and O–H groups in total. The van der Waals surface area contributed by atoms with Crippen LogP contribution >= 0.6 is 0 Å². The molecular weight excluding hydrogens is 344 g/mol. The number of ether oxygens (including phenoxy) is 1. The fourth-order valence-electron chi connectivity index (χ4n) is 3.56. The van der Waals surface area contributed by atoms with Crippen molar-refractivity contribution in [1.29, 1.82) is 0 Å². The standard InChI is InChI=1S/C23H19F2NO/c1-22(24,25)16-23(18-12-6-3-7-13-18)19-14-8-9-15-20(19)26-21(27-23)17-10-4-2-5-11-17/h2-15H,16H2,1H3. The number of halogens is 2. The fraction of sp³-hybridized carbons (Fsp3) is 0.174. The highest BCUT2D eigenvalue weighted by Crippen LogP contribution is 2.48. The van der Waals surface area contributed by atoms with E-state index in [1.165, 1.54) is 0 Å². The number of hydrogen-bond acceptors (Lipinski definition) is 2. The summed E-state index contributed by atoms with van der Waals surface area (Å²) >= 11 is 0. The number of fused-ring (bicyclic) bond motifs is 1. The zero-order valence-electron chi connectivity index (χ0n) is 14.9. The molecule has 0 fully saturated rings. The van der Waals surface area contributed by atoms with Crippen molar-refractivity contribution in [3.8, 4) is 0 Å². The summed E-state index contributed by atoms with van der Waals surface area (Å²) in [5, 5.41) is 0. The van der Waals surface area contributed by atoms with E-state index in [1.54, 1.807) is 0 Å². The molecule has 1 aliphatic rings. The average molecular weight is 363 g/mol. The molecular formula is C23H19F2NO. The van der Waals surface area contributed by atoms with Crippen LogP contribution in [-0.4, -0.2) is 11.8 Å². The Morgan fingerprint density at radius 2 is 1.44 bits per heavy atom.